The van der Waals surface area contributed by atoms with Crippen molar-refractivity contribution in [2.45, 2.75) is 19.3 Å². The zero-order chi connectivity index (χ0) is 33.1. The molecule has 234 valence electrons. The van der Waals surface area contributed by atoms with Crippen molar-refractivity contribution in [2.75, 3.05) is 0 Å². The van der Waals surface area contributed by atoms with Gasteiger partial charge in [0, 0.05) is 16.2 Å². The van der Waals surface area contributed by atoms with Crippen molar-refractivity contribution >= 4 is 65.0 Å². The Labute approximate surface area is 290 Å². The monoisotopic (exact) mass is 636 g/mol. The Morgan fingerprint density at radius 2 is 0.960 bits per heavy atom. The van der Waals surface area contributed by atoms with Crippen LogP contribution in [0.3, 0.4) is 0 Å². The van der Waals surface area contributed by atoms with Gasteiger partial charge in [0.2, 0.25) is 0 Å². The Hall–Kier alpha value is -6.18. The molecule has 1 aliphatic rings. The van der Waals surface area contributed by atoms with E-state index in [0.717, 1.165) is 22.1 Å². The average molecular weight is 637 g/mol. The van der Waals surface area contributed by atoms with Gasteiger partial charge in [0.15, 0.2) is 0 Å². The molecule has 0 saturated heterocycles. The van der Waals surface area contributed by atoms with Gasteiger partial charge in [-0.2, -0.15) is 0 Å². The lowest BCUT2D eigenvalue weighted by Crippen LogP contribution is -2.15. The molecule has 0 radical (unpaired) electrons. The highest BCUT2D eigenvalue weighted by Gasteiger charge is 2.37. The first-order valence-corrected chi connectivity index (χ1v) is 17.5. The number of furan rings is 1. The molecule has 11 rings (SSSR count). The maximum absolute atomic E-state index is 6.58. The predicted molar refractivity (Wildman–Crippen MR) is 212 cm³/mol. The average Bonchev–Trinajstić information content (AvgIpc) is 3.65. The largest absolute Gasteiger partial charge is 0.456 e. The van der Waals surface area contributed by atoms with Crippen LogP contribution < -0.4 is 0 Å². The number of hydrogen-bond acceptors (Lipinski definition) is 1. The molecule has 1 nitrogen and oxygen atoms in total. The standard InChI is InChI=1S/C49H32O/c1-49(2)41-22-12-11-21-38(41)47-33-16-6-5-15-32(33)40(28-42(47)49)46-36-19-9-7-17-34(36)45(35-18-8-10-20-37(35)46)30-23-25-39-44(27-30)50-43-26-24-29-13-3-4-14-31(29)48(39)43/h3-28H,1-2H3. The molecule has 10 aromatic rings. The fourth-order valence-electron chi connectivity index (χ4n) is 9.19. The van der Waals surface area contributed by atoms with Gasteiger partial charge >= 0.3 is 0 Å². The lowest BCUT2D eigenvalue weighted by molar-refractivity contribution is 0.661. The molecule has 1 heteroatoms. The van der Waals surface area contributed by atoms with Crippen LogP contribution >= 0.6 is 0 Å². The van der Waals surface area contributed by atoms with E-state index in [1.165, 1.54) is 87.4 Å². The molecule has 0 fully saturated rings. The van der Waals surface area contributed by atoms with Gasteiger partial charge in [-0.25, -0.2) is 0 Å². The van der Waals surface area contributed by atoms with Gasteiger partial charge in [-0.1, -0.05) is 147 Å². The second-order valence-corrected chi connectivity index (χ2v) is 14.4. The first-order chi connectivity index (χ1) is 24.6. The summed E-state index contributed by atoms with van der Waals surface area (Å²) in [5, 5.41) is 12.4. The highest BCUT2D eigenvalue weighted by molar-refractivity contribution is 6.25. The van der Waals surface area contributed by atoms with Crippen molar-refractivity contribution < 1.29 is 4.42 Å². The lowest BCUT2D eigenvalue weighted by Gasteiger charge is -2.24. The molecular formula is C49H32O. The van der Waals surface area contributed by atoms with Crippen LogP contribution in [-0.4, -0.2) is 0 Å². The first kappa shape index (κ1) is 27.7. The van der Waals surface area contributed by atoms with E-state index >= 15 is 0 Å². The van der Waals surface area contributed by atoms with Gasteiger partial charge in [0.1, 0.15) is 11.2 Å². The van der Waals surface area contributed by atoms with E-state index in [4.69, 9.17) is 4.42 Å². The molecule has 9 aromatic carbocycles. The van der Waals surface area contributed by atoms with Gasteiger partial charge < -0.3 is 4.42 Å². The van der Waals surface area contributed by atoms with Crippen molar-refractivity contribution in [1.29, 1.82) is 0 Å². The number of hydrogen-bond donors (Lipinski definition) is 0. The third-order valence-electron chi connectivity index (χ3n) is 11.4. The molecule has 0 saturated carbocycles. The molecule has 0 aliphatic heterocycles. The fraction of sp³-hybridized carbons (Fsp3) is 0.0612. The summed E-state index contributed by atoms with van der Waals surface area (Å²) >= 11 is 0. The van der Waals surface area contributed by atoms with Gasteiger partial charge in [-0.15, -0.1) is 0 Å². The van der Waals surface area contributed by atoms with Crippen LogP contribution in [0.5, 0.6) is 0 Å². The molecule has 0 amide bonds. The van der Waals surface area contributed by atoms with Gasteiger partial charge in [0.25, 0.3) is 0 Å². The summed E-state index contributed by atoms with van der Waals surface area (Å²) in [6, 6.07) is 58.1. The Balaban J connectivity index is 1.23. The maximum Gasteiger partial charge on any atom is 0.136 e. The van der Waals surface area contributed by atoms with E-state index in [1.54, 1.807) is 0 Å². The third kappa shape index (κ3) is 3.62. The summed E-state index contributed by atoms with van der Waals surface area (Å²) in [7, 11) is 0. The highest BCUT2D eigenvalue weighted by atomic mass is 16.3. The Morgan fingerprint density at radius 3 is 1.68 bits per heavy atom. The van der Waals surface area contributed by atoms with Crippen LogP contribution in [0.4, 0.5) is 0 Å². The molecule has 0 N–H and O–H groups in total. The number of benzene rings is 9. The SMILES string of the molecule is CC1(C)c2ccccc2-c2c1cc(-c1c3ccccc3c(-c3ccc4c(c3)oc3ccc5ccccc5c34)c3ccccc13)c1ccccc21. The second kappa shape index (κ2) is 9.94. The van der Waals surface area contributed by atoms with Crippen molar-refractivity contribution in [3.05, 3.63) is 169 Å². The van der Waals surface area contributed by atoms with Crippen LogP contribution in [-0.2, 0) is 5.41 Å². The van der Waals surface area contributed by atoms with E-state index in [1.807, 2.05) is 0 Å². The molecule has 1 aliphatic carbocycles. The van der Waals surface area contributed by atoms with Crippen LogP contribution in [0.2, 0.25) is 0 Å². The van der Waals surface area contributed by atoms with Crippen molar-refractivity contribution in [3.8, 4) is 33.4 Å². The summed E-state index contributed by atoms with van der Waals surface area (Å²) in [5.41, 5.74) is 12.2. The van der Waals surface area contributed by atoms with Crippen molar-refractivity contribution in [1.82, 2.24) is 0 Å². The van der Waals surface area contributed by atoms with Crippen LogP contribution in [0.1, 0.15) is 25.0 Å². The topological polar surface area (TPSA) is 13.1 Å². The highest BCUT2D eigenvalue weighted by Crippen LogP contribution is 2.54. The van der Waals surface area contributed by atoms with Crippen LogP contribution in [0.15, 0.2) is 162 Å². The normalized spacial score (nSPS) is 13.6. The minimum absolute atomic E-state index is 0.108. The summed E-state index contributed by atoms with van der Waals surface area (Å²) in [6.45, 7) is 4.76. The maximum atomic E-state index is 6.58. The van der Waals surface area contributed by atoms with Crippen molar-refractivity contribution in [3.63, 3.8) is 0 Å². The van der Waals surface area contributed by atoms with Gasteiger partial charge in [-0.3, -0.25) is 0 Å². The van der Waals surface area contributed by atoms with Crippen molar-refractivity contribution in [2.24, 2.45) is 0 Å². The van der Waals surface area contributed by atoms with Gasteiger partial charge in [0.05, 0.1) is 0 Å². The van der Waals surface area contributed by atoms with E-state index in [-0.39, 0.29) is 5.41 Å². The second-order valence-electron chi connectivity index (χ2n) is 14.4. The zero-order valence-electron chi connectivity index (χ0n) is 27.9. The quantitative estimate of drug-likeness (QED) is 0.172. The minimum atomic E-state index is -0.108. The molecule has 0 spiro atoms. The molecule has 50 heavy (non-hydrogen) atoms. The number of rotatable bonds is 2. The van der Waals surface area contributed by atoms with E-state index < -0.39 is 0 Å². The Kier molecular flexibility index (Phi) is 5.51. The minimum Gasteiger partial charge on any atom is -0.456 e. The molecule has 0 bridgehead atoms. The lowest BCUT2D eigenvalue weighted by atomic mass is 9.79. The number of fused-ring (bicyclic) bond motifs is 12. The third-order valence-corrected chi connectivity index (χ3v) is 11.4. The van der Waals surface area contributed by atoms with E-state index in [2.05, 4.69) is 172 Å². The van der Waals surface area contributed by atoms with Crippen LogP contribution in [0.25, 0.3) is 98.4 Å². The van der Waals surface area contributed by atoms with E-state index in [0.29, 0.717) is 0 Å². The smallest absolute Gasteiger partial charge is 0.136 e. The summed E-state index contributed by atoms with van der Waals surface area (Å²) in [4.78, 5) is 0. The summed E-state index contributed by atoms with van der Waals surface area (Å²) in [6.07, 6.45) is 0. The molecule has 1 heterocycles. The first-order valence-electron chi connectivity index (χ1n) is 17.5. The van der Waals surface area contributed by atoms with E-state index in [9.17, 15) is 0 Å². The summed E-state index contributed by atoms with van der Waals surface area (Å²) in [5.74, 6) is 0. The summed E-state index contributed by atoms with van der Waals surface area (Å²) < 4.78 is 6.58. The molecule has 0 unspecified atom stereocenters. The molecule has 1 aromatic heterocycles. The fourth-order valence-corrected chi connectivity index (χ4v) is 9.19. The zero-order valence-corrected chi connectivity index (χ0v) is 27.9. The molecule has 0 atom stereocenters. The Bertz CT molecular complexity index is 3010. The Morgan fingerprint density at radius 1 is 0.380 bits per heavy atom. The van der Waals surface area contributed by atoms with Crippen LogP contribution in [0, 0.1) is 0 Å². The van der Waals surface area contributed by atoms with Gasteiger partial charge in [-0.05, 0) is 112 Å². The molecular weight excluding hydrogens is 605 g/mol. The predicted octanol–water partition coefficient (Wildman–Crippen LogP) is 13.8.